The van der Waals surface area contributed by atoms with Gasteiger partial charge in [0.2, 0.25) is 0 Å². The van der Waals surface area contributed by atoms with Crippen molar-refractivity contribution in [3.63, 3.8) is 0 Å². The molecule has 1 aliphatic rings. The topological polar surface area (TPSA) is 112 Å². The third-order valence-corrected chi connectivity index (χ3v) is 7.30. The highest BCUT2D eigenvalue weighted by atomic mass is 35.5. The summed E-state index contributed by atoms with van der Waals surface area (Å²) < 4.78 is 3.64. The van der Waals surface area contributed by atoms with Crippen LogP contribution < -0.4 is 16.8 Å². The van der Waals surface area contributed by atoms with Gasteiger partial charge in [-0.15, -0.1) is 0 Å². The molecule has 0 bridgehead atoms. The largest absolute Gasteiger partial charge is 0.383 e. The molecular formula is C25H29ClN8. The fourth-order valence-corrected chi connectivity index (χ4v) is 4.82. The van der Waals surface area contributed by atoms with Gasteiger partial charge in [0.05, 0.1) is 39.9 Å². The first kappa shape index (κ1) is 22.4. The SMILES string of the molecule is Cn1cc(-c2cc3c(NC4CCC(N)C4(C)C)c(C(N)=Nc4ccccc4Cl)cnn3c2)cn1. The van der Waals surface area contributed by atoms with Crippen LogP contribution in [0.1, 0.15) is 32.3 Å². The lowest BCUT2D eigenvalue weighted by atomic mass is 9.84. The lowest BCUT2D eigenvalue weighted by molar-refractivity contribution is 0.308. The number of para-hydroxylation sites is 1. The fourth-order valence-electron chi connectivity index (χ4n) is 4.64. The van der Waals surface area contributed by atoms with Crippen LogP contribution in [-0.2, 0) is 7.05 Å². The van der Waals surface area contributed by atoms with Crippen molar-refractivity contribution in [3.05, 3.63) is 65.7 Å². The van der Waals surface area contributed by atoms with Gasteiger partial charge in [0.25, 0.3) is 0 Å². The van der Waals surface area contributed by atoms with Gasteiger partial charge in [0.15, 0.2) is 0 Å². The molecule has 9 heteroatoms. The number of aliphatic imine (C=N–C) groups is 1. The molecule has 0 spiro atoms. The molecule has 0 aliphatic heterocycles. The normalized spacial score (nSPS) is 20.2. The Morgan fingerprint density at radius 2 is 1.94 bits per heavy atom. The number of nitrogens with zero attached hydrogens (tertiary/aromatic N) is 5. The Morgan fingerprint density at radius 1 is 1.15 bits per heavy atom. The third kappa shape index (κ3) is 3.93. The smallest absolute Gasteiger partial charge is 0.135 e. The van der Waals surface area contributed by atoms with E-state index in [0.29, 0.717) is 16.5 Å². The minimum absolute atomic E-state index is 0.0784. The Hall–Kier alpha value is -3.36. The van der Waals surface area contributed by atoms with Crippen molar-refractivity contribution in [2.45, 2.75) is 38.8 Å². The van der Waals surface area contributed by atoms with Gasteiger partial charge in [-0.2, -0.15) is 10.2 Å². The van der Waals surface area contributed by atoms with Crippen LogP contribution in [-0.4, -0.2) is 37.3 Å². The van der Waals surface area contributed by atoms with Crippen LogP contribution >= 0.6 is 11.6 Å². The second-order valence-corrected chi connectivity index (χ2v) is 9.95. The molecule has 0 saturated heterocycles. The van der Waals surface area contributed by atoms with Crippen LogP contribution in [0.3, 0.4) is 0 Å². The molecular weight excluding hydrogens is 448 g/mol. The number of aromatic nitrogens is 4. The van der Waals surface area contributed by atoms with E-state index >= 15 is 0 Å². The average Bonchev–Trinajstić information content (AvgIpc) is 3.49. The molecule has 34 heavy (non-hydrogen) atoms. The number of hydrogen-bond acceptors (Lipinski definition) is 5. The summed E-state index contributed by atoms with van der Waals surface area (Å²) >= 11 is 6.33. The molecule has 5 N–H and O–H groups in total. The molecule has 2 unspecified atom stereocenters. The summed E-state index contributed by atoms with van der Waals surface area (Å²) in [5.74, 6) is 0.342. The molecule has 3 aromatic heterocycles. The number of hydrogen-bond donors (Lipinski definition) is 3. The van der Waals surface area contributed by atoms with Gasteiger partial charge in [0, 0.05) is 42.7 Å². The van der Waals surface area contributed by atoms with Crippen molar-refractivity contribution < 1.29 is 0 Å². The number of aryl methyl sites for hydroxylation is 1. The van der Waals surface area contributed by atoms with Crippen LogP contribution in [0.15, 0.2) is 60.1 Å². The van der Waals surface area contributed by atoms with Crippen LogP contribution in [0, 0.1) is 5.41 Å². The molecule has 0 amide bonds. The Morgan fingerprint density at radius 3 is 2.62 bits per heavy atom. The van der Waals surface area contributed by atoms with Gasteiger partial charge >= 0.3 is 0 Å². The molecule has 5 rings (SSSR count). The first-order valence-corrected chi connectivity index (χ1v) is 11.7. The van der Waals surface area contributed by atoms with E-state index in [9.17, 15) is 0 Å². The van der Waals surface area contributed by atoms with E-state index in [4.69, 9.17) is 23.1 Å². The fraction of sp³-hybridized carbons (Fsp3) is 0.320. The summed E-state index contributed by atoms with van der Waals surface area (Å²) in [7, 11) is 1.90. The summed E-state index contributed by atoms with van der Waals surface area (Å²) in [6.45, 7) is 4.42. The third-order valence-electron chi connectivity index (χ3n) is 6.98. The minimum Gasteiger partial charge on any atom is -0.383 e. The van der Waals surface area contributed by atoms with Crippen molar-refractivity contribution in [2.75, 3.05) is 5.32 Å². The molecule has 8 nitrogen and oxygen atoms in total. The number of nitrogens with one attached hydrogen (secondary N) is 1. The number of nitrogens with two attached hydrogens (primary N) is 2. The summed E-state index contributed by atoms with van der Waals surface area (Å²) in [6, 6.07) is 9.78. The molecule has 2 atom stereocenters. The Kier molecular flexibility index (Phi) is 5.58. The maximum absolute atomic E-state index is 6.54. The summed E-state index contributed by atoms with van der Waals surface area (Å²) in [6.07, 6.45) is 9.50. The number of rotatable bonds is 5. The van der Waals surface area contributed by atoms with Crippen LogP contribution in [0.4, 0.5) is 11.4 Å². The second kappa shape index (κ2) is 8.45. The highest BCUT2D eigenvalue weighted by Crippen LogP contribution is 2.40. The van der Waals surface area contributed by atoms with Crippen LogP contribution in [0.25, 0.3) is 16.6 Å². The monoisotopic (exact) mass is 476 g/mol. The van der Waals surface area contributed by atoms with Crippen LogP contribution in [0.5, 0.6) is 0 Å². The summed E-state index contributed by atoms with van der Waals surface area (Å²) in [4.78, 5) is 4.63. The molecule has 1 aliphatic carbocycles. The zero-order valence-corrected chi connectivity index (χ0v) is 20.3. The zero-order chi connectivity index (χ0) is 24.0. The first-order valence-electron chi connectivity index (χ1n) is 11.4. The van der Waals surface area contributed by atoms with Gasteiger partial charge in [-0.05, 0) is 36.5 Å². The number of benzene rings is 1. The summed E-state index contributed by atoms with van der Waals surface area (Å²) in [5.41, 5.74) is 18.1. The highest BCUT2D eigenvalue weighted by molar-refractivity contribution is 6.33. The van der Waals surface area contributed by atoms with Crippen molar-refractivity contribution >= 4 is 34.3 Å². The Bertz CT molecular complexity index is 1380. The van der Waals surface area contributed by atoms with Crippen molar-refractivity contribution in [1.29, 1.82) is 0 Å². The zero-order valence-electron chi connectivity index (χ0n) is 19.5. The van der Waals surface area contributed by atoms with Gasteiger partial charge < -0.3 is 16.8 Å². The lowest BCUT2D eigenvalue weighted by Gasteiger charge is -2.32. The maximum atomic E-state index is 6.54. The van der Waals surface area contributed by atoms with Crippen molar-refractivity contribution in [1.82, 2.24) is 19.4 Å². The number of amidine groups is 1. The predicted octanol–water partition coefficient (Wildman–Crippen LogP) is 4.35. The van der Waals surface area contributed by atoms with E-state index in [1.807, 2.05) is 48.4 Å². The molecule has 176 valence electrons. The maximum Gasteiger partial charge on any atom is 0.135 e. The van der Waals surface area contributed by atoms with Gasteiger partial charge in [-0.1, -0.05) is 37.6 Å². The van der Waals surface area contributed by atoms with E-state index in [1.54, 1.807) is 16.9 Å². The number of fused-ring (bicyclic) bond motifs is 1. The van der Waals surface area contributed by atoms with E-state index in [-0.39, 0.29) is 17.5 Å². The van der Waals surface area contributed by atoms with E-state index in [1.165, 1.54) is 0 Å². The molecule has 0 radical (unpaired) electrons. The minimum atomic E-state index is -0.0784. The number of halogens is 1. The lowest BCUT2D eigenvalue weighted by Crippen LogP contribution is -2.42. The molecule has 4 aromatic rings. The molecule has 3 heterocycles. The van der Waals surface area contributed by atoms with Crippen LogP contribution in [0.2, 0.25) is 5.02 Å². The van der Waals surface area contributed by atoms with E-state index in [2.05, 4.69) is 40.4 Å². The molecule has 1 fully saturated rings. The van der Waals surface area contributed by atoms with Gasteiger partial charge in [-0.25, -0.2) is 9.51 Å². The highest BCUT2D eigenvalue weighted by Gasteiger charge is 2.41. The Labute approximate surface area is 203 Å². The van der Waals surface area contributed by atoms with Gasteiger partial charge in [-0.3, -0.25) is 4.68 Å². The molecule has 1 saturated carbocycles. The van der Waals surface area contributed by atoms with Crippen molar-refractivity contribution in [3.8, 4) is 11.1 Å². The van der Waals surface area contributed by atoms with E-state index in [0.717, 1.165) is 40.7 Å². The molecule has 1 aromatic carbocycles. The quantitative estimate of drug-likeness (QED) is 0.293. The average molecular weight is 477 g/mol. The van der Waals surface area contributed by atoms with Crippen molar-refractivity contribution in [2.24, 2.45) is 28.9 Å². The first-order chi connectivity index (χ1) is 16.2. The predicted molar refractivity (Wildman–Crippen MR) is 138 cm³/mol. The Balaban J connectivity index is 1.65. The van der Waals surface area contributed by atoms with Gasteiger partial charge in [0.1, 0.15) is 5.84 Å². The second-order valence-electron chi connectivity index (χ2n) is 9.55. The number of anilines is 1. The van der Waals surface area contributed by atoms with E-state index < -0.39 is 0 Å². The standard InChI is InChI=1S/C25H29ClN8/c1-25(2)21(27)8-9-22(25)32-23-17(24(28)31-19-7-5-4-6-18(19)26)12-30-34-14-15(10-20(23)34)16-11-29-33(3)13-16/h4-7,10-14,21-22,32H,8-9,27H2,1-3H3,(H2,28,31). The summed E-state index contributed by atoms with van der Waals surface area (Å²) in [5, 5.41) is 13.2.